The summed E-state index contributed by atoms with van der Waals surface area (Å²) < 4.78 is 15.8. The van der Waals surface area contributed by atoms with Gasteiger partial charge in [-0.2, -0.15) is 0 Å². The van der Waals surface area contributed by atoms with Crippen LogP contribution in [0, 0.1) is 0 Å². The summed E-state index contributed by atoms with van der Waals surface area (Å²) in [5.41, 5.74) is 0.592. The molecule has 0 radical (unpaired) electrons. The van der Waals surface area contributed by atoms with Gasteiger partial charge in [-0.15, -0.1) is 0 Å². The second-order valence-electron chi connectivity index (χ2n) is 6.46. The number of carbonyl (C=O) groups excluding carboxylic acids is 2. The van der Waals surface area contributed by atoms with Crippen LogP contribution in [0.5, 0.6) is 5.75 Å². The summed E-state index contributed by atoms with van der Waals surface area (Å²) in [6.07, 6.45) is 4.99. The first-order chi connectivity index (χ1) is 12.6. The number of carbonyl (C=O) groups is 2. The Bertz CT molecular complexity index is 566. The molecule has 1 saturated carbocycles. The molecule has 26 heavy (non-hydrogen) atoms. The van der Waals surface area contributed by atoms with Crippen LogP contribution in [0.1, 0.15) is 56.3 Å². The highest BCUT2D eigenvalue weighted by Gasteiger charge is 2.18. The second-order valence-corrected chi connectivity index (χ2v) is 6.46. The average Bonchev–Trinajstić information content (AvgIpc) is 2.66. The quantitative estimate of drug-likeness (QED) is 0.539. The molecule has 6 heteroatoms. The van der Waals surface area contributed by atoms with Crippen LogP contribution in [0.2, 0.25) is 0 Å². The number of amides is 1. The van der Waals surface area contributed by atoms with E-state index in [0.29, 0.717) is 24.5 Å². The van der Waals surface area contributed by atoms with Crippen LogP contribution in [0.15, 0.2) is 24.3 Å². The lowest BCUT2D eigenvalue weighted by Crippen LogP contribution is -2.36. The number of hydrogen-bond donors (Lipinski definition) is 1. The molecule has 1 aromatic carbocycles. The number of benzene rings is 1. The molecule has 0 bridgehead atoms. The van der Waals surface area contributed by atoms with E-state index in [2.05, 4.69) is 5.32 Å². The van der Waals surface area contributed by atoms with Gasteiger partial charge in [0.15, 0.2) is 6.10 Å². The molecule has 1 aromatic rings. The van der Waals surface area contributed by atoms with Gasteiger partial charge in [-0.1, -0.05) is 19.3 Å². The van der Waals surface area contributed by atoms with Gasteiger partial charge in [0.05, 0.1) is 6.61 Å². The van der Waals surface area contributed by atoms with Crippen molar-refractivity contribution in [3.05, 3.63) is 29.8 Å². The van der Waals surface area contributed by atoms with Crippen LogP contribution in [-0.4, -0.2) is 43.8 Å². The van der Waals surface area contributed by atoms with E-state index in [1.807, 2.05) is 6.92 Å². The SMILES string of the molecule is CCOCCOC(=O)[C@@H](C)Oc1ccc(C(=O)NC2CCCCC2)cc1. The second kappa shape index (κ2) is 10.8. The highest BCUT2D eigenvalue weighted by atomic mass is 16.6. The maximum Gasteiger partial charge on any atom is 0.347 e. The van der Waals surface area contributed by atoms with Gasteiger partial charge in [-0.05, 0) is 51.0 Å². The Morgan fingerprint density at radius 1 is 1.12 bits per heavy atom. The van der Waals surface area contributed by atoms with E-state index in [1.165, 1.54) is 19.3 Å². The molecule has 2 rings (SSSR count). The predicted molar refractivity (Wildman–Crippen MR) is 98.3 cm³/mol. The number of nitrogens with one attached hydrogen (secondary N) is 1. The van der Waals surface area contributed by atoms with E-state index < -0.39 is 12.1 Å². The standard InChI is InChI=1S/C20H29NO5/c1-3-24-13-14-25-20(23)15(2)26-18-11-9-16(10-12-18)19(22)21-17-7-5-4-6-8-17/h9-12,15,17H,3-8,13-14H2,1-2H3,(H,21,22)/t15-/m1/s1. The lowest BCUT2D eigenvalue weighted by molar-refractivity contribution is -0.152. The van der Waals surface area contributed by atoms with E-state index in [9.17, 15) is 9.59 Å². The van der Waals surface area contributed by atoms with Crippen molar-refractivity contribution in [2.24, 2.45) is 0 Å². The van der Waals surface area contributed by atoms with Gasteiger partial charge in [0, 0.05) is 18.2 Å². The monoisotopic (exact) mass is 363 g/mol. The van der Waals surface area contributed by atoms with Crippen LogP contribution in [0.3, 0.4) is 0 Å². The third-order valence-electron chi connectivity index (χ3n) is 4.38. The van der Waals surface area contributed by atoms with Crippen molar-refractivity contribution in [2.45, 2.75) is 58.1 Å². The first-order valence-corrected chi connectivity index (χ1v) is 9.42. The number of hydrogen-bond acceptors (Lipinski definition) is 5. The van der Waals surface area contributed by atoms with Crippen molar-refractivity contribution in [3.8, 4) is 5.75 Å². The predicted octanol–water partition coefficient (Wildman–Crippen LogP) is 3.10. The summed E-state index contributed by atoms with van der Waals surface area (Å²) in [6.45, 7) is 4.68. The van der Waals surface area contributed by atoms with E-state index >= 15 is 0 Å². The van der Waals surface area contributed by atoms with Crippen LogP contribution in [0.4, 0.5) is 0 Å². The Kier molecular flexibility index (Phi) is 8.41. The molecule has 1 aliphatic rings. The largest absolute Gasteiger partial charge is 0.479 e. The van der Waals surface area contributed by atoms with Crippen molar-refractivity contribution in [1.29, 1.82) is 0 Å². The van der Waals surface area contributed by atoms with Gasteiger partial charge >= 0.3 is 5.97 Å². The third kappa shape index (κ3) is 6.67. The van der Waals surface area contributed by atoms with Crippen LogP contribution >= 0.6 is 0 Å². The lowest BCUT2D eigenvalue weighted by atomic mass is 9.95. The molecule has 0 spiro atoms. The molecular weight excluding hydrogens is 334 g/mol. The Balaban J connectivity index is 1.78. The van der Waals surface area contributed by atoms with Gasteiger partial charge in [0.1, 0.15) is 12.4 Å². The van der Waals surface area contributed by atoms with Crippen LogP contribution < -0.4 is 10.1 Å². The molecule has 0 aliphatic heterocycles. The minimum Gasteiger partial charge on any atom is -0.479 e. The Morgan fingerprint density at radius 2 is 1.81 bits per heavy atom. The zero-order valence-electron chi connectivity index (χ0n) is 15.7. The molecule has 0 aromatic heterocycles. The lowest BCUT2D eigenvalue weighted by Gasteiger charge is -2.22. The van der Waals surface area contributed by atoms with Crippen molar-refractivity contribution in [3.63, 3.8) is 0 Å². The maximum atomic E-state index is 12.3. The molecule has 1 N–H and O–H groups in total. The number of rotatable bonds is 9. The van der Waals surface area contributed by atoms with E-state index in [0.717, 1.165) is 12.8 Å². The number of esters is 1. The average molecular weight is 363 g/mol. The van der Waals surface area contributed by atoms with Gasteiger partial charge in [-0.25, -0.2) is 4.79 Å². The van der Waals surface area contributed by atoms with E-state index in [4.69, 9.17) is 14.2 Å². The van der Waals surface area contributed by atoms with Crippen molar-refractivity contribution in [2.75, 3.05) is 19.8 Å². The van der Waals surface area contributed by atoms with Crippen molar-refractivity contribution >= 4 is 11.9 Å². The molecule has 0 unspecified atom stereocenters. The third-order valence-corrected chi connectivity index (χ3v) is 4.38. The van der Waals surface area contributed by atoms with Crippen molar-refractivity contribution in [1.82, 2.24) is 5.32 Å². The molecule has 6 nitrogen and oxygen atoms in total. The van der Waals surface area contributed by atoms with Crippen LogP contribution in [0.25, 0.3) is 0 Å². The zero-order valence-corrected chi connectivity index (χ0v) is 15.7. The highest BCUT2D eigenvalue weighted by molar-refractivity contribution is 5.94. The number of ether oxygens (including phenoxy) is 3. The highest BCUT2D eigenvalue weighted by Crippen LogP contribution is 2.19. The van der Waals surface area contributed by atoms with Gasteiger partial charge in [0.25, 0.3) is 5.91 Å². The fourth-order valence-corrected chi connectivity index (χ4v) is 2.92. The molecule has 1 aliphatic carbocycles. The minimum atomic E-state index is -0.724. The fourth-order valence-electron chi connectivity index (χ4n) is 2.92. The maximum absolute atomic E-state index is 12.3. The fraction of sp³-hybridized carbons (Fsp3) is 0.600. The normalized spacial score (nSPS) is 15.9. The molecule has 144 valence electrons. The molecule has 0 saturated heterocycles. The summed E-state index contributed by atoms with van der Waals surface area (Å²) in [5.74, 6) is 0.0177. The molecular formula is C20H29NO5. The first kappa shape index (κ1) is 20.2. The van der Waals surface area contributed by atoms with Gasteiger partial charge < -0.3 is 19.5 Å². The summed E-state index contributed by atoms with van der Waals surface area (Å²) in [7, 11) is 0. The first-order valence-electron chi connectivity index (χ1n) is 9.42. The van der Waals surface area contributed by atoms with E-state index in [1.54, 1.807) is 31.2 Å². The molecule has 1 atom stereocenters. The minimum absolute atomic E-state index is 0.0631. The van der Waals surface area contributed by atoms with Crippen LogP contribution in [-0.2, 0) is 14.3 Å². The Hall–Kier alpha value is -2.08. The summed E-state index contributed by atoms with van der Waals surface area (Å²) in [5, 5.41) is 3.08. The molecule has 0 heterocycles. The van der Waals surface area contributed by atoms with Gasteiger partial charge in [-0.3, -0.25) is 4.79 Å². The molecule has 1 amide bonds. The summed E-state index contributed by atoms with van der Waals surface area (Å²) in [4.78, 5) is 24.1. The zero-order chi connectivity index (χ0) is 18.8. The Labute approximate surface area is 155 Å². The van der Waals surface area contributed by atoms with Gasteiger partial charge in [0.2, 0.25) is 0 Å². The van der Waals surface area contributed by atoms with Crippen molar-refractivity contribution < 1.29 is 23.8 Å². The summed E-state index contributed by atoms with van der Waals surface area (Å²) in [6, 6.07) is 7.08. The topological polar surface area (TPSA) is 73.9 Å². The summed E-state index contributed by atoms with van der Waals surface area (Å²) >= 11 is 0. The smallest absolute Gasteiger partial charge is 0.347 e. The van der Waals surface area contributed by atoms with E-state index in [-0.39, 0.29) is 18.6 Å². The molecule has 1 fully saturated rings. The Morgan fingerprint density at radius 3 is 2.46 bits per heavy atom.